The number of hydrogen-bond acceptors (Lipinski definition) is 6. The number of aromatic nitrogens is 4. The lowest BCUT2D eigenvalue weighted by molar-refractivity contribution is 0.0664. The quantitative estimate of drug-likeness (QED) is 0.894. The van der Waals surface area contributed by atoms with Gasteiger partial charge in [0, 0.05) is 25.3 Å². The fraction of sp³-hybridized carbons (Fsp3) is 0.647. The summed E-state index contributed by atoms with van der Waals surface area (Å²) in [5, 5.41) is 11.3. The minimum atomic E-state index is -0.176. The van der Waals surface area contributed by atoms with E-state index in [9.17, 15) is 4.79 Å². The van der Waals surface area contributed by atoms with Crippen LogP contribution in [0.2, 0.25) is 0 Å². The molecule has 2 aromatic rings. The highest BCUT2D eigenvalue weighted by Gasteiger charge is 2.33. The molecule has 1 saturated carbocycles. The van der Waals surface area contributed by atoms with Gasteiger partial charge in [0.1, 0.15) is 12.3 Å². The molecule has 8 nitrogen and oxygen atoms in total. The normalized spacial score (nSPS) is 21.3. The molecule has 2 aromatic heterocycles. The molecule has 0 unspecified atom stereocenters. The Kier molecular flexibility index (Phi) is 4.52. The number of ether oxygens (including phenoxy) is 1. The molecule has 2 fully saturated rings. The number of likely N-dealkylation sites (tertiary alicyclic amines) is 1. The summed E-state index contributed by atoms with van der Waals surface area (Å²) in [5.41, 5.74) is 1.55. The number of nitrogens with zero attached hydrogens (tertiary/aromatic N) is 4. The Morgan fingerprint density at radius 2 is 2.24 bits per heavy atom. The molecule has 25 heavy (non-hydrogen) atoms. The molecule has 1 aliphatic carbocycles. The smallest absolute Gasteiger partial charge is 0.274 e. The van der Waals surface area contributed by atoms with Crippen LogP contribution in [-0.2, 0) is 11.3 Å². The third-order valence-electron chi connectivity index (χ3n) is 4.90. The van der Waals surface area contributed by atoms with Gasteiger partial charge in [0.2, 0.25) is 0 Å². The van der Waals surface area contributed by atoms with Crippen molar-refractivity contribution in [2.24, 2.45) is 0 Å². The van der Waals surface area contributed by atoms with E-state index in [1.807, 2.05) is 11.0 Å². The Morgan fingerprint density at radius 3 is 3.04 bits per heavy atom. The molecule has 0 spiro atoms. The largest absolute Gasteiger partial charge is 0.375 e. The van der Waals surface area contributed by atoms with Crippen LogP contribution in [0.25, 0.3) is 0 Å². The van der Waals surface area contributed by atoms with E-state index in [0.717, 1.165) is 31.4 Å². The van der Waals surface area contributed by atoms with Gasteiger partial charge < -0.3 is 14.2 Å². The van der Waals surface area contributed by atoms with Crippen LogP contribution in [-0.4, -0.2) is 44.8 Å². The number of methoxy groups -OCH3 is 1. The summed E-state index contributed by atoms with van der Waals surface area (Å²) < 4.78 is 10.3. The van der Waals surface area contributed by atoms with Crippen LogP contribution in [0.1, 0.15) is 78.4 Å². The first-order valence-corrected chi connectivity index (χ1v) is 8.94. The van der Waals surface area contributed by atoms with Crippen LogP contribution >= 0.6 is 0 Å². The second kappa shape index (κ2) is 6.95. The predicted molar refractivity (Wildman–Crippen MR) is 87.8 cm³/mol. The van der Waals surface area contributed by atoms with Crippen LogP contribution in [0.4, 0.5) is 0 Å². The van der Waals surface area contributed by atoms with Crippen LogP contribution in [0.15, 0.2) is 10.6 Å². The van der Waals surface area contributed by atoms with Crippen LogP contribution in [0.5, 0.6) is 0 Å². The number of carbonyl (C=O) groups is 1. The Morgan fingerprint density at radius 1 is 1.36 bits per heavy atom. The predicted octanol–water partition coefficient (Wildman–Crippen LogP) is 2.57. The van der Waals surface area contributed by atoms with Gasteiger partial charge in [-0.3, -0.25) is 9.89 Å². The summed E-state index contributed by atoms with van der Waals surface area (Å²) in [6.07, 6.45) is 6.29. The van der Waals surface area contributed by atoms with Crippen molar-refractivity contribution >= 4 is 5.91 Å². The van der Waals surface area contributed by atoms with Gasteiger partial charge in [-0.05, 0) is 31.7 Å². The van der Waals surface area contributed by atoms with Gasteiger partial charge in [-0.15, -0.1) is 0 Å². The zero-order valence-electron chi connectivity index (χ0n) is 14.4. The van der Waals surface area contributed by atoms with Gasteiger partial charge in [0.25, 0.3) is 11.8 Å². The van der Waals surface area contributed by atoms with E-state index in [1.54, 1.807) is 7.11 Å². The molecule has 134 valence electrons. The number of nitrogens with one attached hydrogen (secondary N) is 1. The van der Waals surface area contributed by atoms with Crippen molar-refractivity contribution in [3.63, 3.8) is 0 Å². The first-order chi connectivity index (χ1) is 12.3. The number of rotatable bonds is 5. The fourth-order valence-electron chi connectivity index (χ4n) is 3.40. The van der Waals surface area contributed by atoms with Gasteiger partial charge in [0.05, 0.1) is 6.04 Å². The molecular formula is C17H23N5O3. The number of hydrogen-bond donors (Lipinski definition) is 1. The maximum atomic E-state index is 13.1. The zero-order chi connectivity index (χ0) is 17.2. The fourth-order valence-corrected chi connectivity index (χ4v) is 3.40. The van der Waals surface area contributed by atoms with Crippen molar-refractivity contribution in [1.82, 2.24) is 25.2 Å². The highest BCUT2D eigenvalue weighted by atomic mass is 16.5. The average molecular weight is 345 g/mol. The Bertz CT molecular complexity index is 736. The van der Waals surface area contributed by atoms with Crippen molar-refractivity contribution in [1.29, 1.82) is 0 Å². The summed E-state index contributed by atoms with van der Waals surface area (Å²) in [7, 11) is 1.58. The lowest BCUT2D eigenvalue weighted by Gasteiger charge is -2.27. The monoisotopic (exact) mass is 345 g/mol. The topological polar surface area (TPSA) is 97.1 Å². The lowest BCUT2D eigenvalue weighted by Crippen LogP contribution is -2.35. The molecule has 1 saturated heterocycles. The molecule has 0 bridgehead atoms. The van der Waals surface area contributed by atoms with E-state index in [0.29, 0.717) is 29.9 Å². The average Bonchev–Trinajstić information content (AvgIpc) is 3.26. The van der Waals surface area contributed by atoms with E-state index in [1.165, 1.54) is 12.8 Å². The first-order valence-electron chi connectivity index (χ1n) is 8.94. The number of amides is 1. The molecular weight excluding hydrogens is 322 g/mol. The molecule has 0 aromatic carbocycles. The lowest BCUT2D eigenvalue weighted by atomic mass is 10.1. The summed E-state index contributed by atoms with van der Waals surface area (Å²) in [6, 6.07) is 1.72. The van der Waals surface area contributed by atoms with Crippen LogP contribution in [0, 0.1) is 0 Å². The summed E-state index contributed by atoms with van der Waals surface area (Å²) in [4.78, 5) is 19.3. The molecule has 2 aliphatic rings. The molecule has 1 aliphatic heterocycles. The molecule has 3 heterocycles. The van der Waals surface area contributed by atoms with E-state index < -0.39 is 0 Å². The maximum Gasteiger partial charge on any atom is 0.274 e. The SMILES string of the molecule is COCc1nc([C@@H]2CCCCCN2C(=O)c2cc(C3CC3)[nH]n2)no1. The Labute approximate surface area is 145 Å². The number of aromatic amines is 1. The summed E-state index contributed by atoms with van der Waals surface area (Å²) in [5.74, 6) is 1.47. The van der Waals surface area contributed by atoms with Gasteiger partial charge in [-0.25, -0.2) is 0 Å². The standard InChI is InChI=1S/C17H23N5O3/c1-24-10-15-18-16(21-25-15)14-5-3-2-4-8-22(14)17(23)13-9-12(19-20-13)11-6-7-11/h9,11,14H,2-8,10H2,1H3,(H,19,20)/t14-/m0/s1. The second-order valence-corrected chi connectivity index (χ2v) is 6.83. The van der Waals surface area contributed by atoms with Crippen molar-refractivity contribution in [2.45, 2.75) is 57.1 Å². The van der Waals surface area contributed by atoms with Gasteiger partial charge in [-0.1, -0.05) is 18.0 Å². The molecule has 4 rings (SSSR count). The third kappa shape index (κ3) is 3.44. The molecule has 1 N–H and O–H groups in total. The van der Waals surface area contributed by atoms with Crippen LogP contribution in [0.3, 0.4) is 0 Å². The van der Waals surface area contributed by atoms with Gasteiger partial charge in [0.15, 0.2) is 5.82 Å². The third-order valence-corrected chi connectivity index (χ3v) is 4.90. The van der Waals surface area contributed by atoms with Gasteiger partial charge in [-0.2, -0.15) is 10.1 Å². The minimum Gasteiger partial charge on any atom is -0.375 e. The molecule has 8 heteroatoms. The maximum absolute atomic E-state index is 13.1. The Hall–Kier alpha value is -2.22. The summed E-state index contributed by atoms with van der Waals surface area (Å²) in [6.45, 7) is 0.959. The number of H-pyrrole nitrogens is 1. The van der Waals surface area contributed by atoms with E-state index in [2.05, 4.69) is 20.3 Å². The van der Waals surface area contributed by atoms with Crippen molar-refractivity contribution < 1.29 is 14.1 Å². The van der Waals surface area contributed by atoms with Crippen molar-refractivity contribution in [3.8, 4) is 0 Å². The summed E-state index contributed by atoms with van der Waals surface area (Å²) >= 11 is 0. The van der Waals surface area contributed by atoms with Crippen molar-refractivity contribution in [2.75, 3.05) is 13.7 Å². The number of carbonyl (C=O) groups excluding carboxylic acids is 1. The van der Waals surface area contributed by atoms with Crippen molar-refractivity contribution in [3.05, 3.63) is 29.2 Å². The molecule has 0 radical (unpaired) electrons. The Balaban J connectivity index is 1.57. The van der Waals surface area contributed by atoms with E-state index in [4.69, 9.17) is 9.26 Å². The highest BCUT2D eigenvalue weighted by molar-refractivity contribution is 5.92. The molecule has 1 atom stereocenters. The second-order valence-electron chi connectivity index (χ2n) is 6.83. The van der Waals surface area contributed by atoms with Gasteiger partial charge >= 0.3 is 0 Å². The molecule has 1 amide bonds. The van der Waals surface area contributed by atoms with E-state index in [-0.39, 0.29) is 18.6 Å². The van der Waals surface area contributed by atoms with E-state index >= 15 is 0 Å². The highest BCUT2D eigenvalue weighted by Crippen LogP contribution is 2.39. The zero-order valence-corrected chi connectivity index (χ0v) is 14.4. The van der Waals surface area contributed by atoms with Crippen LogP contribution < -0.4 is 0 Å². The first kappa shape index (κ1) is 16.3. The minimum absolute atomic E-state index is 0.0619.